The third-order valence-electron chi connectivity index (χ3n) is 2.97. The van der Waals surface area contributed by atoms with E-state index in [0.29, 0.717) is 0 Å². The maximum Gasteiger partial charge on any atom is 0.0413 e. The fraction of sp³-hybridized carbons (Fsp3) is 0.455. The van der Waals surface area contributed by atoms with Crippen molar-refractivity contribution >= 4 is 21.6 Å². The van der Waals surface area contributed by atoms with E-state index in [1.54, 1.807) is 0 Å². The molecule has 0 aromatic heterocycles. The molecule has 0 unspecified atom stereocenters. The first-order chi connectivity index (χ1) is 6.34. The molecule has 68 valence electrons. The van der Waals surface area contributed by atoms with Crippen molar-refractivity contribution in [1.29, 1.82) is 0 Å². The Hall–Kier alpha value is -0.500. The van der Waals surface area contributed by atoms with Crippen LogP contribution in [0.3, 0.4) is 0 Å². The fourth-order valence-corrected chi connectivity index (χ4v) is 2.49. The van der Waals surface area contributed by atoms with Gasteiger partial charge in [-0.2, -0.15) is 0 Å². The van der Waals surface area contributed by atoms with Gasteiger partial charge in [-0.1, -0.05) is 22.0 Å². The molecule has 2 aliphatic rings. The number of nitrogens with zero attached hydrogens (tertiary/aromatic N) is 1. The van der Waals surface area contributed by atoms with E-state index in [-0.39, 0.29) is 0 Å². The molecule has 0 amide bonds. The van der Waals surface area contributed by atoms with Gasteiger partial charge in [0.25, 0.3) is 0 Å². The van der Waals surface area contributed by atoms with E-state index in [4.69, 9.17) is 0 Å². The van der Waals surface area contributed by atoms with Crippen LogP contribution in [0.2, 0.25) is 0 Å². The Labute approximate surface area is 86.9 Å². The number of benzene rings is 1. The Balaban J connectivity index is 2.03. The van der Waals surface area contributed by atoms with E-state index in [0.717, 1.165) is 6.04 Å². The van der Waals surface area contributed by atoms with Crippen LogP contribution in [-0.2, 0) is 6.42 Å². The molecular formula is C11H12BrN. The Morgan fingerprint density at radius 2 is 2.15 bits per heavy atom. The normalized spacial score (nSPS) is 20.5. The summed E-state index contributed by atoms with van der Waals surface area (Å²) in [5.41, 5.74) is 2.99. The highest BCUT2D eigenvalue weighted by Crippen LogP contribution is 2.38. The lowest BCUT2D eigenvalue weighted by atomic mass is 10.2. The lowest BCUT2D eigenvalue weighted by Gasteiger charge is -2.18. The Bertz CT molecular complexity index is 344. The van der Waals surface area contributed by atoms with Crippen molar-refractivity contribution in [3.05, 3.63) is 28.2 Å². The van der Waals surface area contributed by atoms with E-state index in [9.17, 15) is 0 Å². The molecule has 1 aliphatic heterocycles. The molecule has 1 aliphatic carbocycles. The zero-order chi connectivity index (χ0) is 8.84. The molecule has 3 rings (SSSR count). The van der Waals surface area contributed by atoms with Gasteiger partial charge in [-0.05, 0) is 37.0 Å². The van der Waals surface area contributed by atoms with Gasteiger partial charge < -0.3 is 4.90 Å². The molecule has 0 N–H and O–H groups in total. The monoisotopic (exact) mass is 237 g/mol. The predicted molar refractivity (Wildman–Crippen MR) is 58.2 cm³/mol. The van der Waals surface area contributed by atoms with Crippen LogP contribution in [0.25, 0.3) is 0 Å². The number of rotatable bonds is 1. The number of anilines is 1. The molecule has 0 atom stereocenters. The second-order valence-corrected chi connectivity index (χ2v) is 4.86. The summed E-state index contributed by atoms with van der Waals surface area (Å²) in [5, 5.41) is 0. The molecule has 1 fully saturated rings. The highest BCUT2D eigenvalue weighted by atomic mass is 79.9. The lowest BCUT2D eigenvalue weighted by molar-refractivity contribution is 0.831. The van der Waals surface area contributed by atoms with E-state index in [1.165, 1.54) is 41.5 Å². The van der Waals surface area contributed by atoms with E-state index >= 15 is 0 Å². The largest absolute Gasteiger partial charge is 0.368 e. The van der Waals surface area contributed by atoms with Gasteiger partial charge in [-0.3, -0.25) is 0 Å². The van der Waals surface area contributed by atoms with Crippen LogP contribution < -0.4 is 4.90 Å². The summed E-state index contributed by atoms with van der Waals surface area (Å²) in [6.07, 6.45) is 4.02. The van der Waals surface area contributed by atoms with Gasteiger partial charge in [0.05, 0.1) is 0 Å². The van der Waals surface area contributed by atoms with Gasteiger partial charge in [0.15, 0.2) is 0 Å². The van der Waals surface area contributed by atoms with Gasteiger partial charge >= 0.3 is 0 Å². The zero-order valence-electron chi connectivity index (χ0n) is 7.46. The molecule has 1 saturated carbocycles. The average Bonchev–Trinajstić information content (AvgIpc) is 2.87. The Morgan fingerprint density at radius 1 is 1.31 bits per heavy atom. The van der Waals surface area contributed by atoms with E-state index in [2.05, 4.69) is 39.0 Å². The van der Waals surface area contributed by atoms with Gasteiger partial charge in [0.2, 0.25) is 0 Å². The SMILES string of the molecule is Brc1ccc2c(c1)N(C1CC1)CC2. The molecule has 2 heteroatoms. The molecule has 0 spiro atoms. The highest BCUT2D eigenvalue weighted by Gasteiger charge is 2.33. The van der Waals surface area contributed by atoms with Crippen molar-refractivity contribution in [3.8, 4) is 0 Å². The van der Waals surface area contributed by atoms with Crippen LogP contribution >= 0.6 is 15.9 Å². The van der Waals surface area contributed by atoms with Crippen LogP contribution in [0.4, 0.5) is 5.69 Å². The van der Waals surface area contributed by atoms with Gasteiger partial charge in [0, 0.05) is 22.7 Å². The third-order valence-corrected chi connectivity index (χ3v) is 3.46. The fourth-order valence-electron chi connectivity index (χ4n) is 2.14. The van der Waals surface area contributed by atoms with Crippen molar-refractivity contribution in [2.75, 3.05) is 11.4 Å². The summed E-state index contributed by atoms with van der Waals surface area (Å²) >= 11 is 3.54. The van der Waals surface area contributed by atoms with Crippen LogP contribution in [0.1, 0.15) is 18.4 Å². The van der Waals surface area contributed by atoms with Crippen LogP contribution in [0, 0.1) is 0 Å². The maximum atomic E-state index is 3.54. The Kier molecular flexibility index (Phi) is 1.66. The number of hydrogen-bond acceptors (Lipinski definition) is 1. The number of fused-ring (bicyclic) bond motifs is 1. The maximum absolute atomic E-state index is 3.54. The van der Waals surface area contributed by atoms with Crippen LogP contribution in [0.15, 0.2) is 22.7 Å². The third kappa shape index (κ3) is 1.28. The topological polar surface area (TPSA) is 3.24 Å². The quantitative estimate of drug-likeness (QED) is 0.727. The van der Waals surface area contributed by atoms with Gasteiger partial charge in [0.1, 0.15) is 0 Å². The molecule has 13 heavy (non-hydrogen) atoms. The molecule has 0 bridgehead atoms. The molecule has 1 nitrogen and oxygen atoms in total. The lowest BCUT2D eigenvalue weighted by Crippen LogP contribution is -2.22. The first-order valence-electron chi connectivity index (χ1n) is 4.90. The second-order valence-electron chi connectivity index (χ2n) is 3.95. The Morgan fingerprint density at radius 3 is 2.92 bits per heavy atom. The summed E-state index contributed by atoms with van der Waals surface area (Å²) in [7, 11) is 0. The highest BCUT2D eigenvalue weighted by molar-refractivity contribution is 9.10. The first-order valence-corrected chi connectivity index (χ1v) is 5.69. The molecule has 0 radical (unpaired) electrons. The van der Waals surface area contributed by atoms with Crippen LogP contribution in [-0.4, -0.2) is 12.6 Å². The van der Waals surface area contributed by atoms with Crippen LogP contribution in [0.5, 0.6) is 0 Å². The van der Waals surface area contributed by atoms with Gasteiger partial charge in [-0.25, -0.2) is 0 Å². The molecule has 1 aromatic rings. The van der Waals surface area contributed by atoms with Crippen molar-refractivity contribution in [3.63, 3.8) is 0 Å². The molecule has 1 heterocycles. The van der Waals surface area contributed by atoms with Gasteiger partial charge in [-0.15, -0.1) is 0 Å². The number of halogens is 1. The van der Waals surface area contributed by atoms with Crippen molar-refractivity contribution < 1.29 is 0 Å². The minimum absolute atomic E-state index is 0.857. The van der Waals surface area contributed by atoms with E-state index < -0.39 is 0 Å². The molecule has 1 aromatic carbocycles. The summed E-state index contributed by atoms with van der Waals surface area (Å²) in [4.78, 5) is 2.57. The standard InChI is InChI=1S/C11H12BrN/c12-9-2-1-8-5-6-13(10-3-4-10)11(8)7-9/h1-2,7,10H,3-6H2. The predicted octanol–water partition coefficient (Wildman–Crippen LogP) is 2.97. The van der Waals surface area contributed by atoms with Crippen molar-refractivity contribution in [2.45, 2.75) is 25.3 Å². The summed E-state index contributed by atoms with van der Waals surface area (Å²) < 4.78 is 1.21. The summed E-state index contributed by atoms with van der Waals surface area (Å²) in [5.74, 6) is 0. The van der Waals surface area contributed by atoms with Crippen molar-refractivity contribution in [1.82, 2.24) is 0 Å². The van der Waals surface area contributed by atoms with Crippen molar-refractivity contribution in [2.24, 2.45) is 0 Å². The molecule has 0 saturated heterocycles. The minimum atomic E-state index is 0.857. The number of hydrogen-bond donors (Lipinski definition) is 0. The second kappa shape index (κ2) is 2.74. The minimum Gasteiger partial charge on any atom is -0.368 e. The summed E-state index contributed by atoms with van der Waals surface area (Å²) in [6.45, 7) is 1.23. The summed E-state index contributed by atoms with van der Waals surface area (Å²) in [6, 6.07) is 7.52. The van der Waals surface area contributed by atoms with E-state index in [1.807, 2.05) is 0 Å². The first kappa shape index (κ1) is 7.86. The smallest absolute Gasteiger partial charge is 0.0413 e. The molecular weight excluding hydrogens is 226 g/mol. The average molecular weight is 238 g/mol. The zero-order valence-corrected chi connectivity index (χ0v) is 9.05.